The summed E-state index contributed by atoms with van der Waals surface area (Å²) in [5, 5.41) is 0. The van der Waals surface area contributed by atoms with Crippen LogP contribution in [0.4, 0.5) is 0 Å². The van der Waals surface area contributed by atoms with Crippen molar-refractivity contribution in [1.82, 2.24) is 0 Å². The minimum Gasteiger partial charge on any atom is -0.496 e. The van der Waals surface area contributed by atoms with Crippen molar-refractivity contribution >= 4 is 0 Å². The molecule has 0 heterocycles. The van der Waals surface area contributed by atoms with Gasteiger partial charge in [0.2, 0.25) is 0 Å². The Hall–Kier alpha value is -2.04. The first-order chi connectivity index (χ1) is 10.3. The fourth-order valence-electron chi connectivity index (χ4n) is 2.11. The first-order valence-corrected chi connectivity index (χ1v) is 6.83. The Morgan fingerprint density at radius 2 is 1.76 bits per heavy atom. The number of ether oxygens (including phenoxy) is 3. The first-order valence-electron chi connectivity index (χ1n) is 6.83. The van der Waals surface area contributed by atoms with E-state index in [9.17, 15) is 0 Å². The molecule has 0 aliphatic heterocycles. The van der Waals surface area contributed by atoms with Gasteiger partial charge in [0.15, 0.2) is 0 Å². The van der Waals surface area contributed by atoms with Crippen LogP contribution < -0.4 is 15.2 Å². The van der Waals surface area contributed by atoms with E-state index in [1.807, 2.05) is 42.5 Å². The molecule has 0 spiro atoms. The van der Waals surface area contributed by atoms with Crippen LogP contribution in [0.25, 0.3) is 0 Å². The molecule has 0 aromatic heterocycles. The van der Waals surface area contributed by atoms with Crippen LogP contribution in [0.3, 0.4) is 0 Å². The Kier molecular flexibility index (Phi) is 5.60. The second-order valence-corrected chi connectivity index (χ2v) is 4.72. The maximum atomic E-state index is 5.81. The van der Waals surface area contributed by atoms with E-state index in [2.05, 4.69) is 0 Å². The van der Waals surface area contributed by atoms with E-state index < -0.39 is 0 Å². The second kappa shape index (κ2) is 7.67. The number of rotatable bonds is 7. The smallest absolute Gasteiger partial charge is 0.123 e. The van der Waals surface area contributed by atoms with Gasteiger partial charge in [0, 0.05) is 19.2 Å². The lowest BCUT2D eigenvalue weighted by Crippen LogP contribution is -2.02. The molecule has 2 aromatic rings. The van der Waals surface area contributed by atoms with Gasteiger partial charge in [0.1, 0.15) is 18.1 Å². The monoisotopic (exact) mass is 287 g/mol. The lowest BCUT2D eigenvalue weighted by molar-refractivity contribution is 0.184. The third kappa shape index (κ3) is 4.21. The van der Waals surface area contributed by atoms with Gasteiger partial charge in [0.25, 0.3) is 0 Å². The zero-order valence-corrected chi connectivity index (χ0v) is 12.5. The Balaban J connectivity index is 2.04. The number of hydrogen-bond donors (Lipinski definition) is 1. The van der Waals surface area contributed by atoms with Crippen LogP contribution in [0, 0.1) is 0 Å². The predicted molar refractivity (Wildman–Crippen MR) is 82.4 cm³/mol. The highest BCUT2D eigenvalue weighted by Crippen LogP contribution is 2.21. The van der Waals surface area contributed by atoms with Gasteiger partial charge in [-0.2, -0.15) is 0 Å². The van der Waals surface area contributed by atoms with Crippen molar-refractivity contribution in [1.29, 1.82) is 0 Å². The van der Waals surface area contributed by atoms with Gasteiger partial charge in [-0.25, -0.2) is 0 Å². The van der Waals surface area contributed by atoms with Crippen LogP contribution in [-0.2, 0) is 24.5 Å². The van der Waals surface area contributed by atoms with Gasteiger partial charge in [-0.3, -0.25) is 0 Å². The van der Waals surface area contributed by atoms with Crippen LogP contribution in [0.15, 0.2) is 42.5 Å². The molecule has 0 radical (unpaired) electrons. The minimum atomic E-state index is 0.462. The van der Waals surface area contributed by atoms with Gasteiger partial charge in [0.05, 0.1) is 13.7 Å². The van der Waals surface area contributed by atoms with Gasteiger partial charge >= 0.3 is 0 Å². The fourth-order valence-corrected chi connectivity index (χ4v) is 2.11. The maximum absolute atomic E-state index is 5.81. The van der Waals surface area contributed by atoms with E-state index in [0.29, 0.717) is 19.8 Å². The van der Waals surface area contributed by atoms with E-state index in [0.717, 1.165) is 28.2 Å². The average molecular weight is 287 g/mol. The minimum absolute atomic E-state index is 0.462. The largest absolute Gasteiger partial charge is 0.496 e. The van der Waals surface area contributed by atoms with E-state index in [1.165, 1.54) is 0 Å². The molecule has 0 aliphatic rings. The molecule has 0 fully saturated rings. The van der Waals surface area contributed by atoms with Gasteiger partial charge < -0.3 is 19.9 Å². The van der Waals surface area contributed by atoms with Crippen LogP contribution in [0.5, 0.6) is 11.5 Å². The maximum Gasteiger partial charge on any atom is 0.123 e. The normalized spacial score (nSPS) is 10.4. The summed E-state index contributed by atoms with van der Waals surface area (Å²) < 4.78 is 16.3. The van der Waals surface area contributed by atoms with E-state index in [-0.39, 0.29) is 0 Å². The zero-order chi connectivity index (χ0) is 15.1. The molecule has 112 valence electrons. The summed E-state index contributed by atoms with van der Waals surface area (Å²) in [4.78, 5) is 0. The van der Waals surface area contributed by atoms with Crippen LogP contribution in [0.2, 0.25) is 0 Å². The van der Waals surface area contributed by atoms with Gasteiger partial charge in [-0.15, -0.1) is 0 Å². The molecule has 0 unspecified atom stereocenters. The van der Waals surface area contributed by atoms with Crippen molar-refractivity contribution in [3.63, 3.8) is 0 Å². The SMILES string of the molecule is COCc1cccc(OCc2ccc(CN)c(OC)c2)c1. The Labute approximate surface area is 125 Å². The predicted octanol–water partition coefficient (Wildman–Crippen LogP) is 2.88. The van der Waals surface area contributed by atoms with Crippen LogP contribution in [0.1, 0.15) is 16.7 Å². The molecule has 2 rings (SSSR count). The molecule has 0 amide bonds. The molecule has 0 atom stereocenters. The zero-order valence-electron chi connectivity index (χ0n) is 12.5. The summed E-state index contributed by atoms with van der Waals surface area (Å²) in [7, 11) is 3.33. The summed E-state index contributed by atoms with van der Waals surface area (Å²) in [6.07, 6.45) is 0. The van der Waals surface area contributed by atoms with Crippen LogP contribution in [-0.4, -0.2) is 14.2 Å². The number of methoxy groups -OCH3 is 2. The summed E-state index contributed by atoms with van der Waals surface area (Å²) in [6.45, 7) is 1.53. The third-order valence-corrected chi connectivity index (χ3v) is 3.19. The Bertz CT molecular complexity index is 584. The summed E-state index contributed by atoms with van der Waals surface area (Å²) >= 11 is 0. The standard InChI is InChI=1S/C17H21NO3/c1-19-11-13-4-3-5-16(8-13)21-12-14-6-7-15(10-18)17(9-14)20-2/h3-9H,10-12,18H2,1-2H3. The summed E-state index contributed by atoms with van der Waals surface area (Å²) in [5.74, 6) is 1.62. The molecule has 4 nitrogen and oxygen atoms in total. The molecule has 2 aromatic carbocycles. The Morgan fingerprint density at radius 1 is 0.952 bits per heavy atom. The highest BCUT2D eigenvalue weighted by molar-refractivity contribution is 5.37. The van der Waals surface area contributed by atoms with Gasteiger partial charge in [-0.05, 0) is 29.3 Å². The molecule has 0 bridgehead atoms. The van der Waals surface area contributed by atoms with Crippen molar-refractivity contribution in [2.75, 3.05) is 14.2 Å². The molecular formula is C17H21NO3. The molecule has 4 heteroatoms. The van der Waals surface area contributed by atoms with E-state index in [4.69, 9.17) is 19.9 Å². The first kappa shape index (κ1) is 15.4. The Morgan fingerprint density at radius 3 is 2.48 bits per heavy atom. The molecule has 21 heavy (non-hydrogen) atoms. The molecule has 0 aliphatic carbocycles. The van der Waals surface area contributed by atoms with Crippen molar-refractivity contribution in [2.24, 2.45) is 5.73 Å². The topological polar surface area (TPSA) is 53.7 Å². The molecular weight excluding hydrogens is 266 g/mol. The molecule has 2 N–H and O–H groups in total. The van der Waals surface area contributed by atoms with Crippen molar-refractivity contribution < 1.29 is 14.2 Å². The lowest BCUT2D eigenvalue weighted by atomic mass is 10.1. The average Bonchev–Trinajstić information content (AvgIpc) is 2.53. The van der Waals surface area contributed by atoms with Crippen molar-refractivity contribution in [3.05, 3.63) is 59.2 Å². The fraction of sp³-hybridized carbons (Fsp3) is 0.294. The lowest BCUT2D eigenvalue weighted by Gasteiger charge is -2.11. The van der Waals surface area contributed by atoms with Gasteiger partial charge in [-0.1, -0.05) is 24.3 Å². The summed E-state index contributed by atoms with van der Waals surface area (Å²) in [6, 6.07) is 13.8. The third-order valence-electron chi connectivity index (χ3n) is 3.19. The van der Waals surface area contributed by atoms with Crippen molar-refractivity contribution in [2.45, 2.75) is 19.8 Å². The highest BCUT2D eigenvalue weighted by atomic mass is 16.5. The summed E-state index contributed by atoms with van der Waals surface area (Å²) in [5.41, 5.74) is 8.78. The van der Waals surface area contributed by atoms with E-state index in [1.54, 1.807) is 14.2 Å². The van der Waals surface area contributed by atoms with Crippen LogP contribution >= 0.6 is 0 Å². The molecule has 0 saturated carbocycles. The van der Waals surface area contributed by atoms with Crippen molar-refractivity contribution in [3.8, 4) is 11.5 Å². The number of hydrogen-bond acceptors (Lipinski definition) is 4. The quantitative estimate of drug-likeness (QED) is 0.850. The molecule has 0 saturated heterocycles. The second-order valence-electron chi connectivity index (χ2n) is 4.72. The highest BCUT2D eigenvalue weighted by Gasteiger charge is 2.04. The van der Waals surface area contributed by atoms with E-state index >= 15 is 0 Å². The number of benzene rings is 2. The number of nitrogens with two attached hydrogens (primary N) is 1.